The lowest BCUT2D eigenvalue weighted by Crippen LogP contribution is -2.59. The van der Waals surface area contributed by atoms with Crippen LogP contribution in [-0.4, -0.2) is 47.0 Å². The summed E-state index contributed by atoms with van der Waals surface area (Å²) in [5.74, 6) is 0. The largest absolute Gasteiger partial charge is 0.394 e. The van der Waals surface area contributed by atoms with Crippen molar-refractivity contribution in [3.8, 4) is 0 Å². The third kappa shape index (κ3) is 1.92. The van der Waals surface area contributed by atoms with Gasteiger partial charge in [-0.1, -0.05) is 0 Å². The topological polar surface area (TPSA) is 43.7 Å². The van der Waals surface area contributed by atoms with Crippen LogP contribution in [0.1, 0.15) is 20.8 Å². The first kappa shape index (κ1) is 10.9. The molecule has 11 heavy (non-hydrogen) atoms. The molecule has 0 aliphatic rings. The Morgan fingerprint density at radius 3 is 1.55 bits per heavy atom. The Morgan fingerprint density at radius 2 is 1.55 bits per heavy atom. The van der Waals surface area contributed by atoms with Crippen LogP contribution in [0.2, 0.25) is 0 Å². The molecule has 0 aromatic heterocycles. The van der Waals surface area contributed by atoms with Crippen LogP contribution >= 0.6 is 0 Å². The van der Waals surface area contributed by atoms with E-state index in [1.165, 1.54) is 0 Å². The zero-order valence-corrected chi connectivity index (χ0v) is 8.05. The van der Waals surface area contributed by atoms with Gasteiger partial charge in [0, 0.05) is 0 Å². The van der Waals surface area contributed by atoms with Gasteiger partial charge in [-0.2, -0.15) is 0 Å². The van der Waals surface area contributed by atoms with E-state index in [0.717, 1.165) is 0 Å². The maximum Gasteiger partial charge on any atom is 0.0794 e. The van der Waals surface area contributed by atoms with E-state index >= 15 is 0 Å². The molecule has 3 heteroatoms. The fraction of sp³-hybridized carbons (Fsp3) is 1.00. The Balaban J connectivity index is 4.61. The van der Waals surface area contributed by atoms with E-state index < -0.39 is 11.1 Å². The van der Waals surface area contributed by atoms with Gasteiger partial charge in [0.15, 0.2) is 0 Å². The lowest BCUT2D eigenvalue weighted by Gasteiger charge is -2.44. The summed E-state index contributed by atoms with van der Waals surface area (Å²) in [6.45, 7) is 5.17. The van der Waals surface area contributed by atoms with Gasteiger partial charge in [0.05, 0.1) is 17.7 Å². The first-order valence-electron chi connectivity index (χ1n) is 3.76. The standard InChI is InChI=1S/C8H19NO2/c1-7(2,11)8(3,6-10)9(4)5/h10-11H,6H2,1-5H3. The van der Waals surface area contributed by atoms with Crippen molar-refractivity contribution in [2.45, 2.75) is 31.9 Å². The van der Waals surface area contributed by atoms with Gasteiger partial charge in [-0.3, -0.25) is 4.90 Å². The SMILES string of the molecule is CN(C)C(C)(CO)C(C)(C)O. The van der Waals surface area contributed by atoms with E-state index in [4.69, 9.17) is 5.11 Å². The Morgan fingerprint density at radius 1 is 1.18 bits per heavy atom. The summed E-state index contributed by atoms with van der Waals surface area (Å²) in [5.41, 5.74) is -1.47. The first-order chi connectivity index (χ1) is 4.75. The highest BCUT2D eigenvalue weighted by molar-refractivity contribution is 4.96. The minimum atomic E-state index is -0.898. The second kappa shape index (κ2) is 3.09. The molecule has 0 amide bonds. The Labute approximate surface area is 68.6 Å². The minimum Gasteiger partial charge on any atom is -0.394 e. The lowest BCUT2D eigenvalue weighted by molar-refractivity contribution is -0.0884. The first-order valence-corrected chi connectivity index (χ1v) is 3.76. The molecular weight excluding hydrogens is 142 g/mol. The van der Waals surface area contributed by atoms with E-state index in [0.29, 0.717) is 0 Å². The molecule has 0 aromatic rings. The maximum absolute atomic E-state index is 9.71. The Kier molecular flexibility index (Phi) is 3.06. The van der Waals surface area contributed by atoms with Crippen molar-refractivity contribution in [2.24, 2.45) is 0 Å². The molecule has 0 saturated carbocycles. The highest BCUT2D eigenvalue weighted by Gasteiger charge is 2.40. The molecule has 0 aliphatic carbocycles. The lowest BCUT2D eigenvalue weighted by atomic mass is 9.84. The van der Waals surface area contributed by atoms with Crippen LogP contribution in [0.15, 0.2) is 0 Å². The molecule has 68 valence electrons. The second-order valence-corrected chi connectivity index (χ2v) is 3.89. The smallest absolute Gasteiger partial charge is 0.0794 e. The Hall–Kier alpha value is -0.120. The number of aliphatic hydroxyl groups is 2. The third-order valence-corrected chi connectivity index (χ3v) is 2.61. The number of aliphatic hydroxyl groups excluding tert-OH is 1. The van der Waals surface area contributed by atoms with Crippen molar-refractivity contribution in [1.82, 2.24) is 4.90 Å². The minimum absolute atomic E-state index is 0.0521. The van der Waals surface area contributed by atoms with Crippen LogP contribution in [-0.2, 0) is 0 Å². The highest BCUT2D eigenvalue weighted by Crippen LogP contribution is 2.25. The van der Waals surface area contributed by atoms with E-state index in [1.807, 2.05) is 25.9 Å². The van der Waals surface area contributed by atoms with Gasteiger partial charge in [-0.15, -0.1) is 0 Å². The number of hydrogen-bond donors (Lipinski definition) is 2. The number of nitrogens with zero attached hydrogens (tertiary/aromatic N) is 1. The van der Waals surface area contributed by atoms with Crippen LogP contribution in [0.4, 0.5) is 0 Å². The molecule has 0 spiro atoms. The van der Waals surface area contributed by atoms with Crippen LogP contribution in [0.5, 0.6) is 0 Å². The average Bonchev–Trinajstić information content (AvgIpc) is 1.83. The number of rotatable bonds is 3. The molecule has 1 unspecified atom stereocenters. The van der Waals surface area contributed by atoms with Crippen LogP contribution < -0.4 is 0 Å². The zero-order chi connectivity index (χ0) is 9.28. The fourth-order valence-electron chi connectivity index (χ4n) is 0.882. The van der Waals surface area contributed by atoms with Crippen molar-refractivity contribution >= 4 is 0 Å². The van der Waals surface area contributed by atoms with Crippen LogP contribution in [0.25, 0.3) is 0 Å². The molecule has 0 heterocycles. The van der Waals surface area contributed by atoms with Crippen LogP contribution in [0.3, 0.4) is 0 Å². The monoisotopic (exact) mass is 161 g/mol. The molecule has 0 bridgehead atoms. The van der Waals surface area contributed by atoms with Gasteiger partial charge in [0.1, 0.15) is 0 Å². The quantitative estimate of drug-likeness (QED) is 0.615. The van der Waals surface area contributed by atoms with Gasteiger partial charge in [0.2, 0.25) is 0 Å². The summed E-state index contributed by atoms with van der Waals surface area (Å²) in [4.78, 5) is 1.83. The molecule has 1 atom stereocenters. The van der Waals surface area contributed by atoms with Crippen molar-refractivity contribution in [1.29, 1.82) is 0 Å². The molecular formula is C8H19NO2. The zero-order valence-electron chi connectivity index (χ0n) is 8.05. The molecule has 2 N–H and O–H groups in total. The number of likely N-dealkylation sites (N-methyl/N-ethyl adjacent to an activating group) is 1. The van der Waals surface area contributed by atoms with Gasteiger partial charge in [-0.25, -0.2) is 0 Å². The molecule has 0 aliphatic heterocycles. The van der Waals surface area contributed by atoms with Crippen molar-refractivity contribution in [2.75, 3.05) is 20.7 Å². The fourth-order valence-corrected chi connectivity index (χ4v) is 0.882. The van der Waals surface area contributed by atoms with Crippen LogP contribution in [0, 0.1) is 0 Å². The Bertz CT molecular complexity index is 129. The summed E-state index contributed by atoms with van der Waals surface area (Å²) >= 11 is 0. The van der Waals surface area contributed by atoms with Gasteiger partial charge >= 0.3 is 0 Å². The molecule has 0 aromatic carbocycles. The summed E-state index contributed by atoms with van der Waals surface area (Å²) in [6, 6.07) is 0. The maximum atomic E-state index is 9.71. The van der Waals surface area contributed by atoms with Gasteiger partial charge in [-0.05, 0) is 34.9 Å². The van der Waals surface area contributed by atoms with Crippen molar-refractivity contribution < 1.29 is 10.2 Å². The highest BCUT2D eigenvalue weighted by atomic mass is 16.3. The summed E-state index contributed by atoms with van der Waals surface area (Å²) in [5, 5.41) is 18.8. The molecule has 0 saturated heterocycles. The summed E-state index contributed by atoms with van der Waals surface area (Å²) in [6.07, 6.45) is 0. The van der Waals surface area contributed by atoms with Gasteiger partial charge in [0.25, 0.3) is 0 Å². The molecule has 3 nitrogen and oxygen atoms in total. The van der Waals surface area contributed by atoms with E-state index in [1.54, 1.807) is 13.8 Å². The average molecular weight is 161 g/mol. The van der Waals surface area contributed by atoms with Crippen molar-refractivity contribution in [3.05, 3.63) is 0 Å². The normalized spacial score (nSPS) is 18.5. The summed E-state index contributed by atoms with van der Waals surface area (Å²) in [7, 11) is 3.68. The molecule has 0 radical (unpaired) electrons. The predicted molar refractivity (Wildman–Crippen MR) is 45.5 cm³/mol. The predicted octanol–water partition coefficient (Wildman–Crippen LogP) is 0.0699. The second-order valence-electron chi connectivity index (χ2n) is 3.89. The summed E-state index contributed by atoms with van der Waals surface area (Å²) < 4.78 is 0. The van der Waals surface area contributed by atoms with Crippen molar-refractivity contribution in [3.63, 3.8) is 0 Å². The molecule has 0 fully saturated rings. The number of hydrogen-bond acceptors (Lipinski definition) is 3. The van der Waals surface area contributed by atoms with E-state index in [9.17, 15) is 5.11 Å². The van der Waals surface area contributed by atoms with E-state index in [-0.39, 0.29) is 6.61 Å². The van der Waals surface area contributed by atoms with Gasteiger partial charge < -0.3 is 10.2 Å². The molecule has 0 rings (SSSR count). The van der Waals surface area contributed by atoms with E-state index in [2.05, 4.69) is 0 Å². The third-order valence-electron chi connectivity index (χ3n) is 2.61.